The average molecular weight is 372 g/mol. The Morgan fingerprint density at radius 2 is 1.85 bits per heavy atom. The Bertz CT molecular complexity index is 817. The van der Waals surface area contributed by atoms with Gasteiger partial charge in [-0.1, -0.05) is 29.8 Å². The van der Waals surface area contributed by atoms with Crippen LogP contribution in [0.3, 0.4) is 0 Å². The van der Waals surface area contributed by atoms with Crippen molar-refractivity contribution in [3.63, 3.8) is 0 Å². The lowest BCUT2D eigenvalue weighted by atomic mass is 10.2. The van der Waals surface area contributed by atoms with Crippen molar-refractivity contribution in [2.45, 2.75) is 25.5 Å². The Labute approximate surface area is 156 Å². The fourth-order valence-corrected chi connectivity index (χ4v) is 2.31. The highest BCUT2D eigenvalue weighted by Gasteiger charge is 2.26. The first kappa shape index (κ1) is 17.9. The van der Waals surface area contributed by atoms with E-state index in [9.17, 15) is 9.59 Å². The molecule has 2 aromatic rings. The molecule has 0 atom stereocenters. The Balaban J connectivity index is 1.47. The van der Waals surface area contributed by atoms with Gasteiger partial charge < -0.3 is 10.1 Å². The number of benzene rings is 2. The molecule has 1 aliphatic carbocycles. The average Bonchev–Trinajstić information content (AvgIpc) is 3.46. The predicted molar refractivity (Wildman–Crippen MR) is 99.1 cm³/mol. The summed E-state index contributed by atoms with van der Waals surface area (Å²) in [6, 6.07) is 14.8. The van der Waals surface area contributed by atoms with Crippen molar-refractivity contribution in [1.29, 1.82) is 0 Å². The van der Waals surface area contributed by atoms with Gasteiger partial charge >= 0.3 is 11.8 Å². The SMILES string of the molecule is O=C(N/N=C/c1ccc(OCc2ccccc2Cl)cc1)C(=O)NC1CC1. The second kappa shape index (κ2) is 8.49. The molecule has 7 heteroatoms. The zero-order valence-corrected chi connectivity index (χ0v) is 14.7. The number of hydrogen-bond acceptors (Lipinski definition) is 4. The van der Waals surface area contributed by atoms with Crippen molar-refractivity contribution in [3.05, 3.63) is 64.7 Å². The maximum absolute atomic E-state index is 11.5. The van der Waals surface area contributed by atoms with Gasteiger partial charge in [-0.2, -0.15) is 5.10 Å². The van der Waals surface area contributed by atoms with Gasteiger partial charge in [-0.3, -0.25) is 9.59 Å². The first-order chi connectivity index (χ1) is 12.6. The van der Waals surface area contributed by atoms with Crippen LogP contribution in [0.5, 0.6) is 5.75 Å². The molecule has 26 heavy (non-hydrogen) atoms. The molecule has 2 aromatic carbocycles. The van der Waals surface area contributed by atoms with Crippen LogP contribution in [-0.4, -0.2) is 24.1 Å². The lowest BCUT2D eigenvalue weighted by Crippen LogP contribution is -2.38. The van der Waals surface area contributed by atoms with Crippen molar-refractivity contribution in [1.82, 2.24) is 10.7 Å². The Kier molecular flexibility index (Phi) is 5.86. The first-order valence-electron chi connectivity index (χ1n) is 8.22. The van der Waals surface area contributed by atoms with E-state index in [2.05, 4.69) is 15.8 Å². The number of hydrazone groups is 1. The van der Waals surface area contributed by atoms with E-state index in [4.69, 9.17) is 16.3 Å². The van der Waals surface area contributed by atoms with Gasteiger partial charge in [-0.05, 0) is 48.7 Å². The highest BCUT2D eigenvalue weighted by Crippen LogP contribution is 2.19. The smallest absolute Gasteiger partial charge is 0.329 e. The molecule has 134 valence electrons. The summed E-state index contributed by atoms with van der Waals surface area (Å²) in [6.45, 7) is 0.374. The second-order valence-corrected chi connectivity index (χ2v) is 6.30. The zero-order valence-electron chi connectivity index (χ0n) is 13.9. The fourth-order valence-electron chi connectivity index (χ4n) is 2.12. The number of rotatable bonds is 6. The number of nitrogens with zero attached hydrogens (tertiary/aromatic N) is 1. The minimum Gasteiger partial charge on any atom is -0.489 e. The van der Waals surface area contributed by atoms with Gasteiger partial charge in [0.05, 0.1) is 6.21 Å². The summed E-state index contributed by atoms with van der Waals surface area (Å²) >= 11 is 6.09. The fraction of sp³-hybridized carbons (Fsp3) is 0.211. The molecule has 0 unspecified atom stereocenters. The summed E-state index contributed by atoms with van der Waals surface area (Å²) in [5.74, 6) is -0.740. The minimum absolute atomic E-state index is 0.135. The van der Waals surface area contributed by atoms with Crippen LogP contribution in [0.4, 0.5) is 0 Å². The van der Waals surface area contributed by atoms with Crippen molar-refractivity contribution in [2.24, 2.45) is 5.10 Å². The zero-order chi connectivity index (χ0) is 18.4. The van der Waals surface area contributed by atoms with E-state index < -0.39 is 11.8 Å². The van der Waals surface area contributed by atoms with Crippen LogP contribution < -0.4 is 15.5 Å². The van der Waals surface area contributed by atoms with Gasteiger partial charge in [0.2, 0.25) is 0 Å². The number of amides is 2. The van der Waals surface area contributed by atoms with Gasteiger partial charge in [-0.15, -0.1) is 0 Å². The normalized spacial score (nSPS) is 13.4. The number of ether oxygens (including phenoxy) is 1. The summed E-state index contributed by atoms with van der Waals surface area (Å²) in [5.41, 5.74) is 3.88. The molecule has 2 N–H and O–H groups in total. The van der Waals surface area contributed by atoms with E-state index in [1.165, 1.54) is 6.21 Å². The Hall–Kier alpha value is -2.86. The van der Waals surface area contributed by atoms with Gasteiger partial charge in [-0.25, -0.2) is 5.43 Å². The van der Waals surface area contributed by atoms with Gasteiger partial charge in [0.25, 0.3) is 0 Å². The summed E-state index contributed by atoms with van der Waals surface area (Å²) in [4.78, 5) is 23.0. The van der Waals surface area contributed by atoms with Crippen LogP contribution in [0.1, 0.15) is 24.0 Å². The maximum atomic E-state index is 11.5. The third-order valence-corrected chi connectivity index (χ3v) is 4.10. The minimum atomic E-state index is -0.771. The molecule has 0 radical (unpaired) electrons. The molecule has 1 saturated carbocycles. The van der Waals surface area contributed by atoms with Crippen molar-refractivity contribution in [2.75, 3.05) is 0 Å². The molecule has 0 aliphatic heterocycles. The maximum Gasteiger partial charge on any atom is 0.329 e. The van der Waals surface area contributed by atoms with Crippen LogP contribution in [-0.2, 0) is 16.2 Å². The monoisotopic (exact) mass is 371 g/mol. The molecular formula is C19H18ClN3O3. The molecule has 0 aromatic heterocycles. The summed E-state index contributed by atoms with van der Waals surface area (Å²) in [6.07, 6.45) is 3.31. The standard InChI is InChI=1S/C19H18ClN3O3/c20-17-4-2-1-3-14(17)12-26-16-9-5-13(6-10-16)11-21-23-19(25)18(24)22-15-7-8-15/h1-6,9-11,15H,7-8,12H2,(H,22,24)(H,23,25)/b21-11+. The van der Waals surface area contributed by atoms with Crippen LogP contribution in [0.15, 0.2) is 53.6 Å². The first-order valence-corrected chi connectivity index (χ1v) is 8.60. The lowest BCUT2D eigenvalue weighted by molar-refractivity contribution is -0.139. The molecule has 0 bridgehead atoms. The van der Waals surface area contributed by atoms with Crippen LogP contribution in [0, 0.1) is 0 Å². The van der Waals surface area contributed by atoms with E-state index in [0.29, 0.717) is 17.4 Å². The van der Waals surface area contributed by atoms with Gasteiger partial charge in [0.1, 0.15) is 12.4 Å². The second-order valence-electron chi connectivity index (χ2n) is 5.90. The molecule has 2 amide bonds. The number of carbonyl (C=O) groups excluding carboxylic acids is 2. The van der Waals surface area contributed by atoms with Crippen molar-refractivity contribution < 1.29 is 14.3 Å². The lowest BCUT2D eigenvalue weighted by Gasteiger charge is -2.07. The van der Waals surface area contributed by atoms with Crippen molar-refractivity contribution in [3.8, 4) is 5.75 Å². The van der Waals surface area contributed by atoms with Crippen molar-refractivity contribution >= 4 is 29.6 Å². The van der Waals surface area contributed by atoms with Crippen LogP contribution >= 0.6 is 11.6 Å². The van der Waals surface area contributed by atoms with Crippen LogP contribution in [0.25, 0.3) is 0 Å². The van der Waals surface area contributed by atoms with E-state index in [0.717, 1.165) is 24.0 Å². The Morgan fingerprint density at radius 1 is 1.12 bits per heavy atom. The highest BCUT2D eigenvalue weighted by atomic mass is 35.5. The van der Waals surface area contributed by atoms with E-state index in [1.54, 1.807) is 24.3 Å². The molecule has 0 spiro atoms. The third-order valence-electron chi connectivity index (χ3n) is 3.73. The van der Waals surface area contributed by atoms with E-state index in [1.807, 2.05) is 24.3 Å². The van der Waals surface area contributed by atoms with E-state index >= 15 is 0 Å². The topological polar surface area (TPSA) is 79.8 Å². The highest BCUT2D eigenvalue weighted by molar-refractivity contribution is 6.35. The largest absolute Gasteiger partial charge is 0.489 e. The molecule has 1 aliphatic rings. The molecule has 3 rings (SSSR count). The number of carbonyl (C=O) groups is 2. The molecule has 6 nitrogen and oxygen atoms in total. The molecule has 0 heterocycles. The summed E-state index contributed by atoms with van der Waals surface area (Å²) in [5, 5.41) is 7.04. The summed E-state index contributed by atoms with van der Waals surface area (Å²) in [7, 11) is 0. The molecule has 1 fully saturated rings. The number of halogens is 1. The number of nitrogens with one attached hydrogen (secondary N) is 2. The third kappa shape index (κ3) is 5.32. The van der Waals surface area contributed by atoms with Gasteiger partial charge in [0.15, 0.2) is 0 Å². The van der Waals surface area contributed by atoms with Gasteiger partial charge in [0, 0.05) is 16.6 Å². The summed E-state index contributed by atoms with van der Waals surface area (Å²) < 4.78 is 5.69. The van der Waals surface area contributed by atoms with Crippen LogP contribution in [0.2, 0.25) is 5.02 Å². The Morgan fingerprint density at radius 3 is 2.54 bits per heavy atom. The molecule has 0 saturated heterocycles. The number of hydrogen-bond donors (Lipinski definition) is 2. The predicted octanol–water partition coefficient (Wildman–Crippen LogP) is 2.65. The molecular weight excluding hydrogens is 354 g/mol. The quantitative estimate of drug-likeness (QED) is 0.465. The van der Waals surface area contributed by atoms with E-state index in [-0.39, 0.29) is 6.04 Å².